The van der Waals surface area contributed by atoms with Crippen LogP contribution in [0.2, 0.25) is 0 Å². The average Bonchev–Trinajstić information content (AvgIpc) is 2.83. The summed E-state index contributed by atoms with van der Waals surface area (Å²) < 4.78 is 0. The van der Waals surface area contributed by atoms with E-state index in [2.05, 4.69) is 16.0 Å². The lowest BCUT2D eigenvalue weighted by Gasteiger charge is -2.11. The van der Waals surface area contributed by atoms with E-state index in [9.17, 15) is 14.4 Å². The van der Waals surface area contributed by atoms with Gasteiger partial charge in [0.05, 0.1) is 5.92 Å². The second-order valence-corrected chi connectivity index (χ2v) is 5.64. The van der Waals surface area contributed by atoms with E-state index >= 15 is 0 Å². The lowest BCUT2D eigenvalue weighted by molar-refractivity contribution is -0.122. The van der Waals surface area contributed by atoms with Gasteiger partial charge >= 0.3 is 0 Å². The highest BCUT2D eigenvalue weighted by Crippen LogP contribution is 2.34. The van der Waals surface area contributed by atoms with Crippen LogP contribution in [0.4, 0.5) is 17.1 Å². The highest BCUT2D eigenvalue weighted by Gasteiger charge is 2.31. The lowest BCUT2D eigenvalue weighted by atomic mass is 9.97. The minimum atomic E-state index is -0.486. The van der Waals surface area contributed by atoms with Gasteiger partial charge in [-0.15, -0.1) is 0 Å². The molecule has 0 aromatic heterocycles. The Morgan fingerprint density at radius 2 is 1.75 bits per heavy atom. The molecular formula is C18H17N3O3. The second-order valence-electron chi connectivity index (χ2n) is 5.64. The van der Waals surface area contributed by atoms with Crippen molar-refractivity contribution >= 4 is 34.8 Å². The quantitative estimate of drug-likeness (QED) is 0.808. The van der Waals surface area contributed by atoms with E-state index in [0.717, 1.165) is 11.3 Å². The summed E-state index contributed by atoms with van der Waals surface area (Å²) in [6.45, 7) is 1.42. The summed E-state index contributed by atoms with van der Waals surface area (Å²) in [7, 11) is 0. The van der Waals surface area contributed by atoms with Crippen LogP contribution in [-0.4, -0.2) is 17.7 Å². The second kappa shape index (κ2) is 6.54. The smallest absolute Gasteiger partial charge is 0.232 e. The maximum atomic E-state index is 12.3. The van der Waals surface area contributed by atoms with Crippen molar-refractivity contribution in [2.75, 3.05) is 16.0 Å². The molecule has 1 heterocycles. The summed E-state index contributed by atoms with van der Waals surface area (Å²) >= 11 is 0. The van der Waals surface area contributed by atoms with Crippen LogP contribution < -0.4 is 16.0 Å². The molecule has 6 nitrogen and oxygen atoms in total. The molecule has 3 N–H and O–H groups in total. The summed E-state index contributed by atoms with van der Waals surface area (Å²) in [6, 6.07) is 14.2. The molecule has 0 saturated carbocycles. The van der Waals surface area contributed by atoms with Crippen molar-refractivity contribution in [3.8, 4) is 0 Å². The molecule has 24 heavy (non-hydrogen) atoms. The molecule has 6 heteroatoms. The zero-order valence-corrected chi connectivity index (χ0v) is 13.1. The average molecular weight is 323 g/mol. The molecule has 2 aromatic carbocycles. The van der Waals surface area contributed by atoms with Gasteiger partial charge in [0.25, 0.3) is 0 Å². The Kier molecular flexibility index (Phi) is 4.29. The van der Waals surface area contributed by atoms with Gasteiger partial charge in [0.15, 0.2) is 0 Å². The van der Waals surface area contributed by atoms with E-state index in [-0.39, 0.29) is 24.1 Å². The molecule has 122 valence electrons. The summed E-state index contributed by atoms with van der Waals surface area (Å²) in [6.07, 6.45) is 0.0627. The fraction of sp³-hybridized carbons (Fsp3) is 0.167. The van der Waals surface area contributed by atoms with Crippen molar-refractivity contribution in [2.45, 2.75) is 19.3 Å². The third-order valence-corrected chi connectivity index (χ3v) is 3.77. The first kappa shape index (κ1) is 15.7. The Hall–Kier alpha value is -3.15. The summed E-state index contributed by atoms with van der Waals surface area (Å²) in [5, 5.41) is 8.20. The zero-order valence-electron chi connectivity index (χ0n) is 13.1. The van der Waals surface area contributed by atoms with Gasteiger partial charge in [0, 0.05) is 30.4 Å². The number of carbonyl (C=O) groups is 3. The van der Waals surface area contributed by atoms with E-state index in [1.54, 1.807) is 24.3 Å². The first-order valence-corrected chi connectivity index (χ1v) is 7.60. The molecule has 1 aliphatic heterocycles. The Bertz CT molecular complexity index is 817. The lowest BCUT2D eigenvalue weighted by Crippen LogP contribution is -2.20. The fourth-order valence-corrected chi connectivity index (χ4v) is 2.75. The first-order valence-electron chi connectivity index (χ1n) is 7.60. The third kappa shape index (κ3) is 3.43. The fourth-order valence-electron chi connectivity index (χ4n) is 2.75. The van der Waals surface area contributed by atoms with Crippen molar-refractivity contribution in [3.05, 3.63) is 54.1 Å². The van der Waals surface area contributed by atoms with Crippen molar-refractivity contribution in [3.63, 3.8) is 0 Å². The number of carbonyl (C=O) groups excluding carboxylic acids is 3. The molecule has 2 aromatic rings. The van der Waals surface area contributed by atoms with Gasteiger partial charge in [0.2, 0.25) is 17.7 Å². The predicted octanol–water partition coefficient (Wildman–Crippen LogP) is 2.71. The number of hydrogen-bond donors (Lipinski definition) is 3. The molecule has 0 radical (unpaired) electrons. The number of anilines is 3. The monoisotopic (exact) mass is 323 g/mol. The maximum absolute atomic E-state index is 12.3. The van der Waals surface area contributed by atoms with Crippen LogP contribution >= 0.6 is 0 Å². The van der Waals surface area contributed by atoms with E-state index in [1.807, 2.05) is 24.3 Å². The minimum absolute atomic E-state index is 0.0627. The summed E-state index contributed by atoms with van der Waals surface area (Å²) in [5.41, 5.74) is 2.76. The van der Waals surface area contributed by atoms with Crippen molar-refractivity contribution in [2.24, 2.45) is 0 Å². The number of para-hydroxylation sites is 1. The number of amides is 3. The molecule has 1 atom stereocenters. The van der Waals surface area contributed by atoms with Gasteiger partial charge in [-0.05, 0) is 29.8 Å². The highest BCUT2D eigenvalue weighted by molar-refractivity contribution is 6.06. The zero-order chi connectivity index (χ0) is 17.1. The minimum Gasteiger partial charge on any atom is -0.326 e. The van der Waals surface area contributed by atoms with Crippen LogP contribution in [0.15, 0.2) is 48.5 Å². The van der Waals surface area contributed by atoms with Crippen LogP contribution in [-0.2, 0) is 14.4 Å². The van der Waals surface area contributed by atoms with E-state index in [1.165, 1.54) is 6.92 Å². The molecule has 3 amide bonds. The van der Waals surface area contributed by atoms with Crippen molar-refractivity contribution < 1.29 is 14.4 Å². The molecule has 0 spiro atoms. The van der Waals surface area contributed by atoms with Crippen LogP contribution in [0, 0.1) is 0 Å². The Morgan fingerprint density at radius 3 is 2.50 bits per heavy atom. The predicted molar refractivity (Wildman–Crippen MR) is 91.8 cm³/mol. The summed E-state index contributed by atoms with van der Waals surface area (Å²) in [5.74, 6) is -1.09. The topological polar surface area (TPSA) is 87.3 Å². The SMILES string of the molecule is CC(=O)Nc1cccc(NC(=O)CC2C(=O)Nc3ccccc32)c1. The van der Waals surface area contributed by atoms with Gasteiger partial charge < -0.3 is 16.0 Å². The molecule has 0 aliphatic carbocycles. The number of hydrogen-bond acceptors (Lipinski definition) is 3. The number of benzene rings is 2. The molecule has 0 saturated heterocycles. The molecular weight excluding hydrogens is 306 g/mol. The van der Waals surface area contributed by atoms with Crippen LogP contribution in [0.25, 0.3) is 0 Å². The van der Waals surface area contributed by atoms with Gasteiger partial charge in [-0.1, -0.05) is 24.3 Å². The van der Waals surface area contributed by atoms with Gasteiger partial charge in [-0.3, -0.25) is 14.4 Å². The largest absolute Gasteiger partial charge is 0.326 e. The van der Waals surface area contributed by atoms with E-state index in [0.29, 0.717) is 11.4 Å². The van der Waals surface area contributed by atoms with Crippen LogP contribution in [0.3, 0.4) is 0 Å². The maximum Gasteiger partial charge on any atom is 0.232 e. The third-order valence-electron chi connectivity index (χ3n) is 3.77. The molecule has 1 unspecified atom stereocenters. The van der Waals surface area contributed by atoms with Crippen molar-refractivity contribution in [1.29, 1.82) is 0 Å². The van der Waals surface area contributed by atoms with Crippen LogP contribution in [0.5, 0.6) is 0 Å². The standard InChI is InChI=1S/C18H17N3O3/c1-11(22)19-12-5-4-6-13(9-12)20-17(23)10-15-14-7-2-3-8-16(14)21-18(15)24/h2-9,15H,10H2,1H3,(H,19,22)(H,20,23)(H,21,24). The Morgan fingerprint density at radius 1 is 1.04 bits per heavy atom. The molecule has 3 rings (SSSR count). The van der Waals surface area contributed by atoms with E-state index in [4.69, 9.17) is 0 Å². The molecule has 0 bridgehead atoms. The van der Waals surface area contributed by atoms with Gasteiger partial charge in [0.1, 0.15) is 0 Å². The Labute approximate surface area is 139 Å². The van der Waals surface area contributed by atoms with Crippen LogP contribution in [0.1, 0.15) is 24.8 Å². The number of rotatable bonds is 4. The van der Waals surface area contributed by atoms with Gasteiger partial charge in [-0.25, -0.2) is 0 Å². The first-order chi connectivity index (χ1) is 11.5. The normalized spacial score (nSPS) is 15.4. The van der Waals surface area contributed by atoms with E-state index < -0.39 is 5.92 Å². The Balaban J connectivity index is 1.68. The molecule has 1 aliphatic rings. The highest BCUT2D eigenvalue weighted by atomic mass is 16.2. The number of nitrogens with one attached hydrogen (secondary N) is 3. The number of fused-ring (bicyclic) bond motifs is 1. The van der Waals surface area contributed by atoms with Crippen molar-refractivity contribution in [1.82, 2.24) is 0 Å². The summed E-state index contributed by atoms with van der Waals surface area (Å²) in [4.78, 5) is 35.4. The molecule has 0 fully saturated rings. The van der Waals surface area contributed by atoms with Gasteiger partial charge in [-0.2, -0.15) is 0 Å².